The molecule has 0 aliphatic heterocycles. The van der Waals surface area contributed by atoms with Crippen molar-refractivity contribution in [3.8, 4) is 0 Å². The van der Waals surface area contributed by atoms with Gasteiger partial charge < -0.3 is 0 Å². The summed E-state index contributed by atoms with van der Waals surface area (Å²) >= 11 is -3.21. The van der Waals surface area contributed by atoms with Gasteiger partial charge in [-0.15, -0.1) is 24.8 Å². The van der Waals surface area contributed by atoms with Crippen molar-refractivity contribution in [3.05, 3.63) is 59.8 Å². The third-order valence-electron chi connectivity index (χ3n) is 4.28. The molecule has 0 saturated carbocycles. The van der Waals surface area contributed by atoms with Gasteiger partial charge in [0, 0.05) is 0 Å². The molecule has 1 N–H and O–H groups in total. The molecule has 0 fully saturated rings. The molecule has 1 aliphatic carbocycles. The minimum absolute atomic E-state index is 0. The van der Waals surface area contributed by atoms with E-state index in [-0.39, 0.29) is 24.8 Å². The van der Waals surface area contributed by atoms with Gasteiger partial charge in [0.1, 0.15) is 0 Å². The predicted octanol–water partition coefficient (Wildman–Crippen LogP) is 4.47. The molecule has 4 heteroatoms. The van der Waals surface area contributed by atoms with Crippen LogP contribution in [0.1, 0.15) is 14.8 Å². The Hall–Kier alpha value is -0.427. The van der Waals surface area contributed by atoms with Crippen molar-refractivity contribution in [2.75, 3.05) is 0 Å². The molecule has 0 amide bonds. The van der Waals surface area contributed by atoms with Gasteiger partial charge in [0.15, 0.2) is 0 Å². The van der Waals surface area contributed by atoms with Crippen molar-refractivity contribution < 1.29 is 18.3 Å². The van der Waals surface area contributed by atoms with Crippen LogP contribution in [-0.4, -0.2) is 9.20 Å². The Morgan fingerprint density at radius 2 is 1.75 bits per heavy atom. The summed E-state index contributed by atoms with van der Waals surface area (Å²) in [6.45, 7) is 0. The number of aromatic nitrogens is 1. The van der Waals surface area contributed by atoms with Gasteiger partial charge in [0.05, 0.1) is 0 Å². The second kappa shape index (κ2) is 5.75. The van der Waals surface area contributed by atoms with Gasteiger partial charge in [-0.3, -0.25) is 0 Å². The van der Waals surface area contributed by atoms with Gasteiger partial charge in [0.2, 0.25) is 0 Å². The minimum atomic E-state index is -3.21. The zero-order valence-electron chi connectivity index (χ0n) is 11.8. The first-order valence-corrected chi connectivity index (χ1v) is 15.8. The van der Waals surface area contributed by atoms with Gasteiger partial charge in [0.25, 0.3) is 0 Å². The van der Waals surface area contributed by atoms with E-state index in [0.29, 0.717) is 3.63 Å². The first-order chi connectivity index (χ1) is 8.47. The second-order valence-corrected chi connectivity index (χ2v) is 23.0. The van der Waals surface area contributed by atoms with Gasteiger partial charge in [-0.05, 0) is 0 Å². The number of hydrogen-bond acceptors (Lipinski definition) is 0. The van der Waals surface area contributed by atoms with E-state index in [1.165, 1.54) is 14.5 Å². The van der Waals surface area contributed by atoms with Crippen LogP contribution in [0.3, 0.4) is 0 Å². The Labute approximate surface area is 133 Å². The van der Waals surface area contributed by atoms with E-state index in [4.69, 9.17) is 4.21 Å². The van der Waals surface area contributed by atoms with E-state index in [9.17, 15) is 0 Å². The average molecular weight is 389 g/mol. The van der Waals surface area contributed by atoms with Crippen LogP contribution in [0.5, 0.6) is 0 Å². The predicted molar refractivity (Wildman–Crippen MR) is 92.0 cm³/mol. The normalized spacial score (nSPS) is 17.1. The molecular weight excluding hydrogens is 368 g/mol. The summed E-state index contributed by atoms with van der Waals surface area (Å²) in [5.74, 6) is 0. The standard InChI is InChI=1S/C9H7.C4H4N.2CH3.CH2.2ClH.Zr/c1-2-5-9-7-3-6-8(9)4-1;1-2-4-5-3-1;;;;;;/h1-7H;1-3,5H;2*1H3;1H2;2*1H;. The van der Waals surface area contributed by atoms with Crippen molar-refractivity contribution >= 4 is 38.5 Å². The number of H-pyrrole nitrogens is 1. The van der Waals surface area contributed by atoms with Crippen molar-refractivity contribution in [3.63, 3.8) is 0 Å². The summed E-state index contributed by atoms with van der Waals surface area (Å²) in [5, 5.41) is 0. The van der Waals surface area contributed by atoms with Crippen molar-refractivity contribution in [2.24, 2.45) is 0 Å². The summed E-state index contributed by atoms with van der Waals surface area (Å²) in [6, 6.07) is 13.0. The maximum atomic E-state index is 4.75. The van der Waals surface area contributed by atoms with Crippen LogP contribution in [0, 0.1) is 0 Å². The van der Waals surface area contributed by atoms with Gasteiger partial charge in [-0.1, -0.05) is 0 Å². The monoisotopic (exact) mass is 387 g/mol. The summed E-state index contributed by atoms with van der Waals surface area (Å²) < 4.78 is 11.5. The van der Waals surface area contributed by atoms with Gasteiger partial charge >= 0.3 is 110 Å². The molecule has 108 valence electrons. The molecule has 0 spiro atoms. The van der Waals surface area contributed by atoms with Crippen LogP contribution < -0.4 is 3.40 Å². The Bertz CT molecular complexity index is 680. The Morgan fingerprint density at radius 3 is 2.40 bits per heavy atom. The number of benzene rings is 1. The number of rotatable bonds is 2. The zero-order valence-corrected chi connectivity index (χ0v) is 15.9. The number of hydrogen-bond donors (Lipinski definition) is 1. The average Bonchev–Trinajstić information content (AvgIpc) is 2.99. The van der Waals surface area contributed by atoms with E-state index in [0.717, 1.165) is 0 Å². The fourth-order valence-electron chi connectivity index (χ4n) is 3.07. The first-order valence-electron chi connectivity index (χ1n) is 6.46. The van der Waals surface area contributed by atoms with Crippen LogP contribution in [0.2, 0.25) is 9.26 Å². The van der Waals surface area contributed by atoms with E-state index >= 15 is 0 Å². The SMILES string of the molecule is Cl.Cl.[CH2]=[Zr]([CH3])([CH3])([c]1ccc[nH]1)[CH]1C=Cc2ccccc21. The summed E-state index contributed by atoms with van der Waals surface area (Å²) in [5.41, 5.74) is 2.82. The first kappa shape index (κ1) is 17.6. The number of nitrogens with one attached hydrogen (secondary N) is 1. The van der Waals surface area contributed by atoms with E-state index in [2.05, 4.69) is 62.8 Å². The molecule has 3 rings (SSSR count). The summed E-state index contributed by atoms with van der Waals surface area (Å²) in [6.07, 6.45) is 6.64. The fourth-order valence-corrected chi connectivity index (χ4v) is 11.7. The molecule has 1 aromatic heterocycles. The molecular formula is C16H21Cl2NZr. The van der Waals surface area contributed by atoms with E-state index in [1.54, 1.807) is 0 Å². The van der Waals surface area contributed by atoms with Gasteiger partial charge in [-0.2, -0.15) is 0 Å². The molecule has 0 bridgehead atoms. The molecule has 0 saturated heterocycles. The number of halogens is 2. The number of allylic oxidation sites excluding steroid dienone is 1. The number of fused-ring (bicyclic) bond motifs is 1. The van der Waals surface area contributed by atoms with E-state index < -0.39 is 18.3 Å². The van der Waals surface area contributed by atoms with Crippen LogP contribution in [0.4, 0.5) is 0 Å². The van der Waals surface area contributed by atoms with E-state index in [1.807, 2.05) is 6.20 Å². The Balaban J connectivity index is 0.000001000. The van der Waals surface area contributed by atoms with Crippen LogP contribution >= 0.6 is 24.8 Å². The van der Waals surface area contributed by atoms with Crippen LogP contribution in [0.25, 0.3) is 6.08 Å². The quantitative estimate of drug-likeness (QED) is 0.780. The molecule has 1 aromatic carbocycles. The third-order valence-corrected chi connectivity index (χ3v) is 15.5. The molecule has 1 atom stereocenters. The van der Waals surface area contributed by atoms with Crippen molar-refractivity contribution in [2.45, 2.75) is 12.9 Å². The molecule has 1 heterocycles. The molecule has 1 unspecified atom stereocenters. The topological polar surface area (TPSA) is 15.8 Å². The molecule has 1 nitrogen and oxygen atoms in total. The molecule has 0 radical (unpaired) electrons. The van der Waals surface area contributed by atoms with Crippen LogP contribution in [0.15, 0.2) is 48.7 Å². The fraction of sp³-hybridized carbons (Fsp3) is 0.188. The summed E-state index contributed by atoms with van der Waals surface area (Å²) in [7, 11) is 0. The van der Waals surface area contributed by atoms with Crippen molar-refractivity contribution in [1.82, 2.24) is 4.98 Å². The second-order valence-electron chi connectivity index (χ2n) is 6.36. The van der Waals surface area contributed by atoms with Crippen LogP contribution in [-0.2, 0) is 18.3 Å². The van der Waals surface area contributed by atoms with Crippen molar-refractivity contribution in [1.29, 1.82) is 0 Å². The molecule has 2 aromatic rings. The number of aromatic amines is 1. The third kappa shape index (κ3) is 2.66. The Morgan fingerprint density at radius 1 is 1.05 bits per heavy atom. The zero-order chi connectivity index (χ0) is 12.8. The maximum absolute atomic E-state index is 4.75. The molecule has 20 heavy (non-hydrogen) atoms. The Kier molecular flexibility index (Phi) is 5.07. The summed E-state index contributed by atoms with van der Waals surface area (Å²) in [4.78, 5) is 3.42. The van der Waals surface area contributed by atoms with Gasteiger partial charge in [-0.25, -0.2) is 0 Å². The molecule has 1 aliphatic rings.